The summed E-state index contributed by atoms with van der Waals surface area (Å²) in [7, 11) is 0. The molecule has 0 amide bonds. The first kappa shape index (κ1) is 12.9. The van der Waals surface area contributed by atoms with Gasteiger partial charge in [0.1, 0.15) is 0 Å². The van der Waals surface area contributed by atoms with Crippen molar-refractivity contribution in [3.05, 3.63) is 71.8 Å². The molecule has 0 aliphatic carbocycles. The van der Waals surface area contributed by atoms with E-state index < -0.39 is 0 Å². The summed E-state index contributed by atoms with van der Waals surface area (Å²) in [5.74, 6) is 0. The zero-order chi connectivity index (χ0) is 13.9. The van der Waals surface area contributed by atoms with Crippen LogP contribution in [-0.4, -0.2) is 15.0 Å². The van der Waals surface area contributed by atoms with Gasteiger partial charge in [-0.25, -0.2) is 0 Å². The van der Waals surface area contributed by atoms with Crippen molar-refractivity contribution >= 4 is 34.7 Å². The molecule has 0 atom stereocenters. The molecule has 2 heteroatoms. The van der Waals surface area contributed by atoms with Crippen LogP contribution in [0.2, 0.25) is 0 Å². The molecule has 0 aliphatic heterocycles. The molecule has 3 aromatic carbocycles. The number of rotatable bonds is 2. The van der Waals surface area contributed by atoms with Crippen molar-refractivity contribution in [2.24, 2.45) is 0 Å². The molecule has 0 fully saturated rings. The first-order valence-electron chi connectivity index (χ1n) is 6.44. The van der Waals surface area contributed by atoms with Crippen molar-refractivity contribution in [1.82, 2.24) is 0 Å². The maximum absolute atomic E-state index is 8.86. The molecule has 0 aromatic heterocycles. The second-order valence-electron chi connectivity index (χ2n) is 4.67. The van der Waals surface area contributed by atoms with Crippen molar-refractivity contribution in [2.45, 2.75) is 6.92 Å². The van der Waals surface area contributed by atoms with Crippen LogP contribution in [0.4, 0.5) is 0 Å². The number of benzene rings is 3. The van der Waals surface area contributed by atoms with Crippen molar-refractivity contribution < 1.29 is 0 Å². The monoisotopic (exact) mass is 323 g/mol. The topological polar surface area (TPSA) is 23.8 Å². The van der Waals surface area contributed by atoms with Crippen LogP contribution in [0.25, 0.3) is 10.8 Å². The van der Waals surface area contributed by atoms with E-state index in [1.807, 2.05) is 12.1 Å². The van der Waals surface area contributed by atoms with E-state index in [-0.39, 0.29) is 15.0 Å². The molecule has 0 saturated heterocycles. The van der Waals surface area contributed by atoms with Gasteiger partial charge in [0.2, 0.25) is 0 Å². The van der Waals surface area contributed by atoms with E-state index in [0.29, 0.717) is 0 Å². The fraction of sp³-hybridized carbons (Fsp3) is 0.0556. The zero-order valence-electron chi connectivity index (χ0n) is 11.1. The standard InChI is InChI=1S/C18H13NSe/c1-13-6-9-15-4-2-3-5-17(15)18(13)20-16-10-7-14(12-19)8-11-16/h2-11H,1H3. The molecular weight excluding hydrogens is 309 g/mol. The molecule has 0 unspecified atom stereocenters. The number of hydrogen-bond acceptors (Lipinski definition) is 1. The van der Waals surface area contributed by atoms with Crippen LogP contribution in [-0.2, 0) is 0 Å². The minimum atomic E-state index is 0.263. The van der Waals surface area contributed by atoms with Gasteiger partial charge in [0.15, 0.2) is 0 Å². The van der Waals surface area contributed by atoms with Crippen LogP contribution in [0.3, 0.4) is 0 Å². The summed E-state index contributed by atoms with van der Waals surface area (Å²) in [5.41, 5.74) is 2.06. The Morgan fingerprint density at radius 3 is 2.40 bits per heavy atom. The Labute approximate surface area is 125 Å². The summed E-state index contributed by atoms with van der Waals surface area (Å²) in [6.07, 6.45) is 0. The summed E-state index contributed by atoms with van der Waals surface area (Å²) < 4.78 is 2.73. The summed E-state index contributed by atoms with van der Waals surface area (Å²) in [6, 6.07) is 23.0. The Morgan fingerprint density at radius 1 is 0.900 bits per heavy atom. The summed E-state index contributed by atoms with van der Waals surface area (Å²) in [4.78, 5) is 0. The number of aryl methyl sites for hydroxylation is 1. The maximum atomic E-state index is 8.86. The second kappa shape index (κ2) is 5.51. The second-order valence-corrected chi connectivity index (χ2v) is 6.94. The van der Waals surface area contributed by atoms with Crippen LogP contribution in [0.5, 0.6) is 0 Å². The number of nitriles is 1. The van der Waals surface area contributed by atoms with E-state index in [1.165, 1.54) is 25.3 Å². The molecule has 0 heterocycles. The molecule has 3 rings (SSSR count). The SMILES string of the molecule is Cc1ccc2ccccc2c1[Se]c1ccc(C#N)cc1. The van der Waals surface area contributed by atoms with Crippen molar-refractivity contribution in [3.8, 4) is 6.07 Å². The summed E-state index contributed by atoms with van der Waals surface area (Å²) >= 11 is 0.263. The Bertz CT molecular complexity index is 798. The first-order valence-corrected chi connectivity index (χ1v) is 8.15. The predicted octanol–water partition coefficient (Wildman–Crippen LogP) is 2.67. The molecule has 0 aliphatic rings. The van der Waals surface area contributed by atoms with E-state index in [4.69, 9.17) is 5.26 Å². The van der Waals surface area contributed by atoms with Crippen molar-refractivity contribution in [1.29, 1.82) is 5.26 Å². The molecule has 0 N–H and O–H groups in total. The Morgan fingerprint density at radius 2 is 1.65 bits per heavy atom. The predicted molar refractivity (Wildman–Crippen MR) is 84.9 cm³/mol. The zero-order valence-corrected chi connectivity index (χ0v) is 12.8. The third kappa shape index (κ3) is 2.47. The van der Waals surface area contributed by atoms with Gasteiger partial charge in [0.25, 0.3) is 0 Å². The molecule has 3 aromatic rings. The average Bonchev–Trinajstić information content (AvgIpc) is 2.51. The molecule has 0 saturated carbocycles. The summed E-state index contributed by atoms with van der Waals surface area (Å²) in [5, 5.41) is 11.5. The van der Waals surface area contributed by atoms with Gasteiger partial charge in [-0.15, -0.1) is 0 Å². The average molecular weight is 322 g/mol. The Hall–Kier alpha value is -2.07. The fourth-order valence-corrected chi connectivity index (χ4v) is 4.37. The molecule has 0 bridgehead atoms. The molecule has 1 nitrogen and oxygen atoms in total. The van der Waals surface area contributed by atoms with Gasteiger partial charge in [-0.3, -0.25) is 0 Å². The molecular formula is C18H13NSe. The third-order valence-corrected chi connectivity index (χ3v) is 5.91. The van der Waals surface area contributed by atoms with Gasteiger partial charge in [-0.1, -0.05) is 0 Å². The van der Waals surface area contributed by atoms with E-state index in [2.05, 4.69) is 61.5 Å². The normalized spacial score (nSPS) is 10.4. The van der Waals surface area contributed by atoms with Gasteiger partial charge in [0, 0.05) is 0 Å². The number of fused-ring (bicyclic) bond motifs is 1. The molecule has 0 radical (unpaired) electrons. The fourth-order valence-electron chi connectivity index (χ4n) is 2.20. The van der Waals surface area contributed by atoms with Crippen LogP contribution in [0.15, 0.2) is 60.7 Å². The molecule has 0 spiro atoms. The number of hydrogen-bond donors (Lipinski definition) is 0. The van der Waals surface area contributed by atoms with E-state index in [1.54, 1.807) is 0 Å². The summed E-state index contributed by atoms with van der Waals surface area (Å²) in [6.45, 7) is 2.17. The first-order chi connectivity index (χ1) is 9.78. The van der Waals surface area contributed by atoms with Crippen LogP contribution in [0, 0.1) is 18.3 Å². The van der Waals surface area contributed by atoms with Crippen molar-refractivity contribution in [2.75, 3.05) is 0 Å². The van der Waals surface area contributed by atoms with Crippen LogP contribution >= 0.6 is 0 Å². The van der Waals surface area contributed by atoms with Gasteiger partial charge in [-0.2, -0.15) is 0 Å². The number of nitrogens with zero attached hydrogens (tertiary/aromatic N) is 1. The molecule has 20 heavy (non-hydrogen) atoms. The van der Waals surface area contributed by atoms with Gasteiger partial charge >= 0.3 is 125 Å². The third-order valence-electron chi connectivity index (χ3n) is 3.28. The van der Waals surface area contributed by atoms with Crippen molar-refractivity contribution in [3.63, 3.8) is 0 Å². The van der Waals surface area contributed by atoms with Crippen LogP contribution < -0.4 is 8.92 Å². The van der Waals surface area contributed by atoms with E-state index in [0.717, 1.165) is 5.56 Å². The van der Waals surface area contributed by atoms with E-state index in [9.17, 15) is 0 Å². The minimum absolute atomic E-state index is 0.263. The Kier molecular flexibility index (Phi) is 3.56. The molecule has 96 valence electrons. The quantitative estimate of drug-likeness (QED) is 0.666. The van der Waals surface area contributed by atoms with Gasteiger partial charge in [0.05, 0.1) is 0 Å². The van der Waals surface area contributed by atoms with E-state index >= 15 is 0 Å². The van der Waals surface area contributed by atoms with Gasteiger partial charge < -0.3 is 0 Å². The Balaban J connectivity index is 2.05. The van der Waals surface area contributed by atoms with Gasteiger partial charge in [-0.05, 0) is 0 Å². The van der Waals surface area contributed by atoms with Crippen LogP contribution in [0.1, 0.15) is 11.1 Å².